The zero-order valence-electron chi connectivity index (χ0n) is 16.5. The number of carbonyl (C=O) groups is 2. The predicted molar refractivity (Wildman–Crippen MR) is 115 cm³/mol. The van der Waals surface area contributed by atoms with Gasteiger partial charge in [0.15, 0.2) is 5.13 Å². The van der Waals surface area contributed by atoms with Crippen molar-refractivity contribution >= 4 is 45.3 Å². The van der Waals surface area contributed by atoms with E-state index >= 15 is 0 Å². The maximum Gasteiger partial charge on any atom is 0.269 e. The Balaban J connectivity index is 1.74. The molecule has 152 valence electrons. The molecule has 2 amide bonds. The molecule has 9 heteroatoms. The lowest BCUT2D eigenvalue weighted by Crippen LogP contribution is -2.11. The zero-order chi connectivity index (χ0) is 21.1. The van der Waals surface area contributed by atoms with Gasteiger partial charge in [0.2, 0.25) is 5.91 Å². The quantitative estimate of drug-likeness (QED) is 0.566. The average Bonchev–Trinajstić information content (AvgIpc) is 3.20. The Morgan fingerprint density at radius 3 is 2.62 bits per heavy atom. The van der Waals surface area contributed by atoms with Crippen molar-refractivity contribution in [2.45, 2.75) is 34.1 Å². The molecule has 3 rings (SSSR count). The highest BCUT2D eigenvalue weighted by Gasteiger charge is 2.18. The first-order valence-electron chi connectivity index (χ1n) is 9.03. The third-order valence-corrected chi connectivity index (χ3v) is 5.86. The van der Waals surface area contributed by atoms with Gasteiger partial charge in [-0.25, -0.2) is 14.4 Å². The molecular weight excluding hydrogens is 411 g/mol. The van der Waals surface area contributed by atoms with Gasteiger partial charge in [0.05, 0.1) is 16.4 Å². The standard InChI is InChI=1S/C20H21FN4O2S2/c1-10(2)7-17-22-11(3)18(29-17)19(27)25-20-24-16(9-28-20)14-6-5-13(8-15(14)21)23-12(4)26/h5-6,8-10H,7H2,1-4H3,(H,23,26)(H,24,25,27). The van der Waals surface area contributed by atoms with Gasteiger partial charge in [0, 0.05) is 30.0 Å². The van der Waals surface area contributed by atoms with Crippen LogP contribution in [0.1, 0.15) is 41.1 Å². The number of nitrogens with one attached hydrogen (secondary N) is 2. The van der Waals surface area contributed by atoms with Crippen molar-refractivity contribution in [2.24, 2.45) is 5.92 Å². The van der Waals surface area contributed by atoms with Crippen LogP contribution in [0.5, 0.6) is 0 Å². The van der Waals surface area contributed by atoms with Gasteiger partial charge in [-0.15, -0.1) is 22.7 Å². The van der Waals surface area contributed by atoms with Gasteiger partial charge in [-0.05, 0) is 31.0 Å². The van der Waals surface area contributed by atoms with Crippen molar-refractivity contribution in [1.82, 2.24) is 9.97 Å². The first-order valence-corrected chi connectivity index (χ1v) is 10.7. The summed E-state index contributed by atoms with van der Waals surface area (Å²) in [5, 5.41) is 8.30. The highest BCUT2D eigenvalue weighted by atomic mass is 32.1. The van der Waals surface area contributed by atoms with E-state index in [0.29, 0.717) is 38.6 Å². The summed E-state index contributed by atoms with van der Waals surface area (Å²) >= 11 is 2.61. The smallest absolute Gasteiger partial charge is 0.269 e. The molecule has 2 heterocycles. The molecule has 0 radical (unpaired) electrons. The lowest BCUT2D eigenvalue weighted by Gasteiger charge is -2.05. The van der Waals surface area contributed by atoms with E-state index in [1.54, 1.807) is 17.5 Å². The number of rotatable bonds is 6. The van der Waals surface area contributed by atoms with Gasteiger partial charge < -0.3 is 5.32 Å². The Kier molecular flexibility index (Phi) is 6.39. The summed E-state index contributed by atoms with van der Waals surface area (Å²) in [6.45, 7) is 7.39. The monoisotopic (exact) mass is 432 g/mol. The highest BCUT2D eigenvalue weighted by Crippen LogP contribution is 2.29. The summed E-state index contributed by atoms with van der Waals surface area (Å²) in [5.41, 5.74) is 1.78. The van der Waals surface area contributed by atoms with Crippen molar-refractivity contribution in [2.75, 3.05) is 10.6 Å². The molecule has 0 aliphatic carbocycles. The average molecular weight is 433 g/mol. The second-order valence-electron chi connectivity index (χ2n) is 6.99. The minimum atomic E-state index is -0.504. The van der Waals surface area contributed by atoms with Crippen LogP contribution < -0.4 is 10.6 Å². The summed E-state index contributed by atoms with van der Waals surface area (Å²) in [7, 11) is 0. The molecule has 6 nitrogen and oxygen atoms in total. The van der Waals surface area contributed by atoms with Crippen molar-refractivity contribution in [3.63, 3.8) is 0 Å². The number of aryl methyl sites for hydroxylation is 1. The topological polar surface area (TPSA) is 84.0 Å². The highest BCUT2D eigenvalue weighted by molar-refractivity contribution is 7.15. The van der Waals surface area contributed by atoms with Crippen molar-refractivity contribution in [3.8, 4) is 11.3 Å². The molecule has 0 saturated carbocycles. The normalized spacial score (nSPS) is 11.0. The van der Waals surface area contributed by atoms with E-state index in [1.807, 2.05) is 6.92 Å². The molecule has 0 spiro atoms. The molecule has 29 heavy (non-hydrogen) atoms. The number of anilines is 2. The predicted octanol–water partition coefficient (Wildman–Crippen LogP) is 5.12. The molecule has 0 atom stereocenters. The van der Waals surface area contributed by atoms with E-state index in [0.717, 1.165) is 11.4 Å². The maximum atomic E-state index is 14.4. The number of amides is 2. The van der Waals surface area contributed by atoms with Crippen LogP contribution in [0.4, 0.5) is 15.2 Å². The molecule has 2 aromatic heterocycles. The number of carbonyl (C=O) groups excluding carboxylic acids is 2. The van der Waals surface area contributed by atoms with Crippen LogP contribution in [-0.4, -0.2) is 21.8 Å². The minimum Gasteiger partial charge on any atom is -0.326 e. The Labute approximate surface area is 176 Å². The number of halogens is 1. The summed E-state index contributed by atoms with van der Waals surface area (Å²) in [6.07, 6.45) is 0.827. The fraction of sp³-hybridized carbons (Fsp3) is 0.300. The number of hydrogen-bond donors (Lipinski definition) is 2. The largest absolute Gasteiger partial charge is 0.326 e. The van der Waals surface area contributed by atoms with Crippen LogP contribution >= 0.6 is 22.7 Å². The third-order valence-electron chi connectivity index (χ3n) is 3.92. The second-order valence-corrected chi connectivity index (χ2v) is 8.93. The van der Waals surface area contributed by atoms with Crippen LogP contribution in [-0.2, 0) is 11.2 Å². The van der Waals surface area contributed by atoms with E-state index in [4.69, 9.17) is 0 Å². The Hall–Kier alpha value is -2.65. The lowest BCUT2D eigenvalue weighted by atomic mass is 10.1. The SMILES string of the molecule is CC(=O)Nc1ccc(-c2csc(NC(=O)c3sc(CC(C)C)nc3C)n2)c(F)c1. The first kappa shape index (κ1) is 21.1. The molecule has 0 unspecified atom stereocenters. The van der Waals surface area contributed by atoms with E-state index in [9.17, 15) is 14.0 Å². The molecular formula is C20H21FN4O2S2. The van der Waals surface area contributed by atoms with Gasteiger partial charge in [-0.1, -0.05) is 13.8 Å². The van der Waals surface area contributed by atoms with E-state index in [-0.39, 0.29) is 11.8 Å². The number of hydrogen-bond acceptors (Lipinski definition) is 6. The van der Waals surface area contributed by atoms with Gasteiger partial charge >= 0.3 is 0 Å². The Bertz CT molecular complexity index is 1060. The Morgan fingerprint density at radius 1 is 1.21 bits per heavy atom. The molecule has 0 bridgehead atoms. The van der Waals surface area contributed by atoms with Crippen LogP contribution in [0, 0.1) is 18.7 Å². The van der Waals surface area contributed by atoms with Crippen LogP contribution in [0.3, 0.4) is 0 Å². The van der Waals surface area contributed by atoms with Crippen LogP contribution in [0.25, 0.3) is 11.3 Å². The molecule has 3 aromatic rings. The summed E-state index contributed by atoms with van der Waals surface area (Å²) in [6, 6.07) is 4.40. The molecule has 0 fully saturated rings. The number of nitrogens with zero attached hydrogens (tertiary/aromatic N) is 2. The van der Waals surface area contributed by atoms with E-state index in [1.165, 1.54) is 35.7 Å². The second kappa shape index (κ2) is 8.79. The number of thiazole rings is 2. The third kappa shape index (κ3) is 5.24. The molecule has 0 aliphatic heterocycles. The maximum absolute atomic E-state index is 14.4. The fourth-order valence-corrected chi connectivity index (χ4v) is 4.59. The molecule has 1 aromatic carbocycles. The summed E-state index contributed by atoms with van der Waals surface area (Å²) in [5.74, 6) is -0.580. The van der Waals surface area contributed by atoms with Gasteiger partial charge in [0.1, 0.15) is 10.7 Å². The fourth-order valence-electron chi connectivity index (χ4n) is 2.71. The van der Waals surface area contributed by atoms with E-state index in [2.05, 4.69) is 34.4 Å². The summed E-state index contributed by atoms with van der Waals surface area (Å²) < 4.78 is 14.4. The van der Waals surface area contributed by atoms with Crippen molar-refractivity contribution in [3.05, 3.63) is 45.0 Å². The summed E-state index contributed by atoms with van der Waals surface area (Å²) in [4.78, 5) is 33.0. The van der Waals surface area contributed by atoms with Crippen molar-refractivity contribution < 1.29 is 14.0 Å². The number of aromatic nitrogens is 2. The minimum absolute atomic E-state index is 0.266. The van der Waals surface area contributed by atoms with Crippen molar-refractivity contribution in [1.29, 1.82) is 0 Å². The van der Waals surface area contributed by atoms with Crippen LogP contribution in [0.2, 0.25) is 0 Å². The molecule has 0 aliphatic rings. The number of benzene rings is 1. The van der Waals surface area contributed by atoms with E-state index < -0.39 is 5.82 Å². The Morgan fingerprint density at radius 2 is 1.97 bits per heavy atom. The van der Waals surface area contributed by atoms with Gasteiger partial charge in [-0.3, -0.25) is 14.9 Å². The first-order chi connectivity index (χ1) is 13.7. The van der Waals surface area contributed by atoms with Crippen LogP contribution in [0.15, 0.2) is 23.6 Å². The zero-order valence-corrected chi connectivity index (χ0v) is 18.1. The van der Waals surface area contributed by atoms with Gasteiger partial charge in [-0.2, -0.15) is 0 Å². The molecule has 0 saturated heterocycles. The molecule has 2 N–H and O–H groups in total. The lowest BCUT2D eigenvalue weighted by molar-refractivity contribution is -0.114. The van der Waals surface area contributed by atoms with Gasteiger partial charge in [0.25, 0.3) is 5.91 Å².